The number of hydrogen-bond donors (Lipinski definition) is 1. The van der Waals surface area contributed by atoms with Gasteiger partial charge in [0.05, 0.1) is 0 Å². The molecule has 1 fully saturated rings. The minimum atomic E-state index is 0.455. The van der Waals surface area contributed by atoms with E-state index >= 15 is 0 Å². The van der Waals surface area contributed by atoms with Gasteiger partial charge in [0, 0.05) is 17.9 Å². The van der Waals surface area contributed by atoms with Gasteiger partial charge in [-0.3, -0.25) is 0 Å². The molecule has 0 bridgehead atoms. The second-order valence-electron chi connectivity index (χ2n) is 6.77. The van der Waals surface area contributed by atoms with Crippen molar-refractivity contribution in [1.29, 1.82) is 0 Å². The van der Waals surface area contributed by atoms with Crippen LogP contribution in [0.4, 0.5) is 5.95 Å². The molecule has 1 saturated carbocycles. The van der Waals surface area contributed by atoms with Crippen LogP contribution in [0.5, 0.6) is 0 Å². The van der Waals surface area contributed by atoms with Gasteiger partial charge >= 0.3 is 0 Å². The topological polar surface area (TPSA) is 37.8 Å². The largest absolute Gasteiger partial charge is 0.354 e. The lowest BCUT2D eigenvalue weighted by Crippen LogP contribution is -2.17. The highest BCUT2D eigenvalue weighted by Gasteiger charge is 2.18. The molecule has 0 saturated heterocycles. The highest BCUT2D eigenvalue weighted by atomic mass is 15.1. The van der Waals surface area contributed by atoms with Crippen LogP contribution < -0.4 is 5.32 Å². The van der Waals surface area contributed by atoms with E-state index in [0.717, 1.165) is 35.7 Å². The van der Waals surface area contributed by atoms with Crippen LogP contribution in [0.15, 0.2) is 6.07 Å². The molecule has 1 aromatic heterocycles. The summed E-state index contributed by atoms with van der Waals surface area (Å²) >= 11 is 0. The van der Waals surface area contributed by atoms with Crippen LogP contribution in [0, 0.1) is 18.8 Å². The molecular formula is C17H29N3. The Morgan fingerprint density at radius 1 is 1.30 bits per heavy atom. The summed E-state index contributed by atoms with van der Waals surface area (Å²) in [7, 11) is 0. The molecule has 112 valence electrons. The minimum Gasteiger partial charge on any atom is -0.354 e. The second kappa shape index (κ2) is 7.05. The van der Waals surface area contributed by atoms with Gasteiger partial charge in [0.2, 0.25) is 5.95 Å². The number of aryl methyl sites for hydroxylation is 1. The van der Waals surface area contributed by atoms with Crippen molar-refractivity contribution in [2.24, 2.45) is 11.8 Å². The fourth-order valence-corrected chi connectivity index (χ4v) is 3.18. The van der Waals surface area contributed by atoms with Gasteiger partial charge in [0.15, 0.2) is 0 Å². The van der Waals surface area contributed by atoms with Crippen LogP contribution in [-0.4, -0.2) is 16.5 Å². The Labute approximate surface area is 123 Å². The molecule has 1 heterocycles. The average molecular weight is 275 g/mol. The van der Waals surface area contributed by atoms with E-state index in [9.17, 15) is 0 Å². The SMILES string of the molecule is Cc1cc(C(C)C)nc(NCCC2CCCC(C)C2)n1. The van der Waals surface area contributed by atoms with Crippen LogP contribution in [0.1, 0.15) is 70.2 Å². The standard InChI is InChI=1S/C17H29N3/c1-12(2)16-11-14(4)19-17(20-16)18-9-8-15-7-5-6-13(3)10-15/h11-13,15H,5-10H2,1-4H3,(H,18,19,20). The van der Waals surface area contributed by atoms with Gasteiger partial charge in [-0.05, 0) is 43.6 Å². The van der Waals surface area contributed by atoms with Gasteiger partial charge in [0.1, 0.15) is 0 Å². The van der Waals surface area contributed by atoms with E-state index < -0.39 is 0 Å². The van der Waals surface area contributed by atoms with Crippen LogP contribution in [-0.2, 0) is 0 Å². The summed E-state index contributed by atoms with van der Waals surface area (Å²) in [4.78, 5) is 9.10. The first-order valence-corrected chi connectivity index (χ1v) is 8.14. The van der Waals surface area contributed by atoms with Crippen molar-refractivity contribution >= 4 is 5.95 Å². The average Bonchev–Trinajstić information content (AvgIpc) is 2.38. The van der Waals surface area contributed by atoms with Crippen molar-refractivity contribution in [3.8, 4) is 0 Å². The molecule has 1 aliphatic rings. The fourth-order valence-electron chi connectivity index (χ4n) is 3.18. The molecule has 2 atom stereocenters. The van der Waals surface area contributed by atoms with Crippen LogP contribution in [0.3, 0.4) is 0 Å². The van der Waals surface area contributed by atoms with Crippen molar-refractivity contribution in [3.63, 3.8) is 0 Å². The van der Waals surface area contributed by atoms with Crippen molar-refractivity contribution in [2.45, 2.75) is 65.7 Å². The predicted molar refractivity (Wildman–Crippen MR) is 85.1 cm³/mol. The normalized spacial score (nSPS) is 23.1. The summed E-state index contributed by atoms with van der Waals surface area (Å²) in [6.07, 6.45) is 6.87. The number of aromatic nitrogens is 2. The summed E-state index contributed by atoms with van der Waals surface area (Å²) in [5, 5.41) is 3.42. The number of nitrogens with zero attached hydrogens (tertiary/aromatic N) is 2. The number of rotatable bonds is 5. The predicted octanol–water partition coefficient (Wildman–Crippen LogP) is 4.54. The third kappa shape index (κ3) is 4.46. The molecule has 0 aromatic carbocycles. The quantitative estimate of drug-likeness (QED) is 0.857. The summed E-state index contributed by atoms with van der Waals surface area (Å²) in [5.74, 6) is 3.06. The fraction of sp³-hybridized carbons (Fsp3) is 0.765. The molecule has 0 amide bonds. The molecule has 1 N–H and O–H groups in total. The third-order valence-electron chi connectivity index (χ3n) is 4.35. The van der Waals surface area contributed by atoms with Crippen molar-refractivity contribution in [1.82, 2.24) is 9.97 Å². The van der Waals surface area contributed by atoms with E-state index in [-0.39, 0.29) is 0 Å². The zero-order chi connectivity index (χ0) is 14.5. The van der Waals surface area contributed by atoms with E-state index in [0.29, 0.717) is 5.92 Å². The highest BCUT2D eigenvalue weighted by Crippen LogP contribution is 2.30. The number of nitrogens with one attached hydrogen (secondary N) is 1. The monoisotopic (exact) mass is 275 g/mol. The second-order valence-corrected chi connectivity index (χ2v) is 6.77. The van der Waals surface area contributed by atoms with E-state index in [2.05, 4.69) is 42.1 Å². The van der Waals surface area contributed by atoms with Gasteiger partial charge in [-0.2, -0.15) is 0 Å². The van der Waals surface area contributed by atoms with Gasteiger partial charge in [0.25, 0.3) is 0 Å². The Morgan fingerprint density at radius 2 is 2.10 bits per heavy atom. The molecule has 0 spiro atoms. The Kier molecular flexibility index (Phi) is 5.38. The highest BCUT2D eigenvalue weighted by molar-refractivity contribution is 5.28. The van der Waals surface area contributed by atoms with E-state index in [1.165, 1.54) is 32.1 Å². The Morgan fingerprint density at radius 3 is 2.80 bits per heavy atom. The summed E-state index contributed by atoms with van der Waals surface area (Å²) in [5.41, 5.74) is 2.18. The summed E-state index contributed by atoms with van der Waals surface area (Å²) in [6.45, 7) is 9.78. The molecular weight excluding hydrogens is 246 g/mol. The lowest BCUT2D eigenvalue weighted by Gasteiger charge is -2.26. The molecule has 1 aliphatic carbocycles. The lowest BCUT2D eigenvalue weighted by atomic mass is 9.81. The van der Waals surface area contributed by atoms with E-state index in [1.807, 2.05) is 6.92 Å². The maximum Gasteiger partial charge on any atom is 0.223 e. The first-order valence-electron chi connectivity index (χ1n) is 8.14. The molecule has 2 rings (SSSR count). The zero-order valence-corrected chi connectivity index (χ0v) is 13.4. The Bertz CT molecular complexity index is 428. The summed E-state index contributed by atoms with van der Waals surface area (Å²) < 4.78 is 0. The third-order valence-corrected chi connectivity index (χ3v) is 4.35. The van der Waals surface area contributed by atoms with Crippen molar-refractivity contribution in [2.75, 3.05) is 11.9 Å². The van der Waals surface area contributed by atoms with E-state index in [4.69, 9.17) is 0 Å². The zero-order valence-electron chi connectivity index (χ0n) is 13.4. The van der Waals surface area contributed by atoms with Crippen LogP contribution >= 0.6 is 0 Å². The molecule has 0 aliphatic heterocycles. The van der Waals surface area contributed by atoms with E-state index in [1.54, 1.807) is 0 Å². The summed E-state index contributed by atoms with van der Waals surface area (Å²) in [6, 6.07) is 2.08. The van der Waals surface area contributed by atoms with Gasteiger partial charge in [-0.1, -0.05) is 40.0 Å². The molecule has 1 aromatic rings. The van der Waals surface area contributed by atoms with Gasteiger partial charge in [-0.25, -0.2) is 9.97 Å². The minimum absolute atomic E-state index is 0.455. The maximum absolute atomic E-state index is 4.61. The van der Waals surface area contributed by atoms with Crippen LogP contribution in [0.2, 0.25) is 0 Å². The Balaban J connectivity index is 1.84. The van der Waals surface area contributed by atoms with Gasteiger partial charge in [-0.15, -0.1) is 0 Å². The molecule has 0 radical (unpaired) electrons. The molecule has 3 nitrogen and oxygen atoms in total. The molecule has 3 heteroatoms. The molecule has 2 unspecified atom stereocenters. The van der Waals surface area contributed by atoms with Crippen molar-refractivity contribution in [3.05, 3.63) is 17.5 Å². The number of anilines is 1. The number of hydrogen-bond acceptors (Lipinski definition) is 3. The Hall–Kier alpha value is -1.12. The maximum atomic E-state index is 4.61. The lowest BCUT2D eigenvalue weighted by molar-refractivity contribution is 0.274. The first kappa shape index (κ1) is 15.3. The molecule has 20 heavy (non-hydrogen) atoms. The van der Waals surface area contributed by atoms with Gasteiger partial charge < -0.3 is 5.32 Å². The van der Waals surface area contributed by atoms with Crippen LogP contribution in [0.25, 0.3) is 0 Å². The van der Waals surface area contributed by atoms with Crippen molar-refractivity contribution < 1.29 is 0 Å². The smallest absolute Gasteiger partial charge is 0.223 e. The first-order chi connectivity index (χ1) is 9.54.